The minimum absolute atomic E-state index is 0.0228. The molecule has 154 valence electrons. The van der Waals surface area contributed by atoms with Crippen LogP contribution in [-0.2, 0) is 14.8 Å². The zero-order valence-corrected chi connectivity index (χ0v) is 17.4. The predicted molar refractivity (Wildman–Crippen MR) is 110 cm³/mol. The summed E-state index contributed by atoms with van der Waals surface area (Å²) in [6.07, 6.45) is 0.805. The number of nitro groups is 1. The Morgan fingerprint density at radius 1 is 1.28 bits per heavy atom. The molecule has 29 heavy (non-hydrogen) atoms. The normalized spacial score (nSPS) is 13.9. The lowest BCUT2D eigenvalue weighted by Crippen LogP contribution is -2.29. The van der Waals surface area contributed by atoms with Crippen LogP contribution in [0.1, 0.15) is 13.3 Å². The number of hydrogen-bond acceptors (Lipinski definition) is 7. The van der Waals surface area contributed by atoms with E-state index in [0.717, 1.165) is 23.1 Å². The van der Waals surface area contributed by atoms with Gasteiger partial charge in [-0.2, -0.15) is 0 Å². The summed E-state index contributed by atoms with van der Waals surface area (Å²) in [4.78, 5) is 24.7. The van der Waals surface area contributed by atoms with Crippen molar-refractivity contribution in [1.29, 1.82) is 0 Å². The molecule has 0 radical (unpaired) electrons. The SMILES string of the molecule is COc1cc([N+](=O)[O-])ccc1NS(=O)(=O)c1ccc2c(c1)N(C(C)=O)CCCS2. The topological polar surface area (TPSA) is 119 Å². The number of hydrogen-bond donors (Lipinski definition) is 1. The van der Waals surface area contributed by atoms with E-state index in [0.29, 0.717) is 12.2 Å². The lowest BCUT2D eigenvalue weighted by molar-refractivity contribution is -0.384. The van der Waals surface area contributed by atoms with Crippen molar-refractivity contribution in [2.75, 3.05) is 29.0 Å². The maximum absolute atomic E-state index is 12.9. The van der Waals surface area contributed by atoms with Crippen LogP contribution in [0.15, 0.2) is 46.2 Å². The number of amides is 1. The summed E-state index contributed by atoms with van der Waals surface area (Å²) >= 11 is 1.57. The molecule has 0 saturated carbocycles. The lowest BCUT2D eigenvalue weighted by Gasteiger charge is -2.21. The Kier molecular flexibility index (Phi) is 5.99. The van der Waals surface area contributed by atoms with Gasteiger partial charge in [-0.15, -0.1) is 11.8 Å². The molecule has 0 fully saturated rings. The number of benzene rings is 2. The van der Waals surface area contributed by atoms with Crippen molar-refractivity contribution in [3.8, 4) is 5.75 Å². The Morgan fingerprint density at radius 3 is 2.69 bits per heavy atom. The Balaban J connectivity index is 1.98. The Morgan fingerprint density at radius 2 is 2.03 bits per heavy atom. The number of thioether (sulfide) groups is 1. The van der Waals surface area contributed by atoms with Crippen LogP contribution in [-0.4, -0.2) is 38.7 Å². The molecule has 0 bridgehead atoms. The summed E-state index contributed by atoms with van der Waals surface area (Å²) in [6.45, 7) is 1.96. The third-order valence-corrected chi connectivity index (χ3v) is 6.85. The highest BCUT2D eigenvalue weighted by Crippen LogP contribution is 2.37. The molecule has 0 aliphatic carbocycles. The number of non-ortho nitro benzene ring substituents is 1. The molecule has 1 aliphatic heterocycles. The summed E-state index contributed by atoms with van der Waals surface area (Å²) in [5.74, 6) is 0.702. The smallest absolute Gasteiger partial charge is 0.273 e. The first kappa shape index (κ1) is 20.9. The van der Waals surface area contributed by atoms with E-state index in [2.05, 4.69) is 4.72 Å². The number of rotatable bonds is 5. The number of nitrogens with one attached hydrogen (secondary N) is 1. The second-order valence-corrected chi connectivity index (χ2v) is 9.07. The molecule has 0 unspecified atom stereocenters. The van der Waals surface area contributed by atoms with E-state index in [1.807, 2.05) is 0 Å². The summed E-state index contributed by atoms with van der Waals surface area (Å²) in [7, 11) is -2.73. The zero-order chi connectivity index (χ0) is 21.2. The number of sulfonamides is 1. The molecule has 0 saturated heterocycles. The van der Waals surface area contributed by atoms with Gasteiger partial charge in [-0.1, -0.05) is 0 Å². The number of carbonyl (C=O) groups excluding carboxylic acids is 1. The molecule has 1 N–H and O–H groups in total. The number of nitro benzene ring substituents is 1. The lowest BCUT2D eigenvalue weighted by atomic mass is 10.2. The van der Waals surface area contributed by atoms with Gasteiger partial charge in [0.05, 0.1) is 34.4 Å². The second-order valence-electron chi connectivity index (χ2n) is 6.25. The van der Waals surface area contributed by atoms with Crippen LogP contribution >= 0.6 is 11.8 Å². The fourth-order valence-electron chi connectivity index (χ4n) is 2.93. The number of nitrogens with zero attached hydrogens (tertiary/aromatic N) is 2. The number of carbonyl (C=O) groups is 1. The van der Waals surface area contributed by atoms with Gasteiger partial charge in [0, 0.05) is 24.4 Å². The van der Waals surface area contributed by atoms with Gasteiger partial charge in [0.25, 0.3) is 15.7 Å². The maximum atomic E-state index is 12.9. The molecule has 1 amide bonds. The highest BCUT2D eigenvalue weighted by Gasteiger charge is 2.24. The van der Waals surface area contributed by atoms with Crippen molar-refractivity contribution < 1.29 is 22.9 Å². The number of ether oxygens (including phenoxy) is 1. The predicted octanol–water partition coefficient (Wildman–Crippen LogP) is 3.25. The van der Waals surface area contributed by atoms with Crippen molar-refractivity contribution in [3.05, 3.63) is 46.5 Å². The maximum Gasteiger partial charge on any atom is 0.273 e. The number of methoxy groups -OCH3 is 1. The van der Waals surface area contributed by atoms with Crippen molar-refractivity contribution in [2.45, 2.75) is 23.1 Å². The largest absolute Gasteiger partial charge is 0.494 e. The van der Waals surface area contributed by atoms with Crippen LogP contribution in [0.2, 0.25) is 0 Å². The quantitative estimate of drug-likeness (QED) is 0.563. The van der Waals surface area contributed by atoms with Crippen LogP contribution < -0.4 is 14.4 Å². The van der Waals surface area contributed by atoms with E-state index in [4.69, 9.17) is 4.74 Å². The van der Waals surface area contributed by atoms with Gasteiger partial charge in [-0.05, 0) is 36.4 Å². The number of fused-ring (bicyclic) bond motifs is 1. The summed E-state index contributed by atoms with van der Waals surface area (Å²) in [6, 6.07) is 8.22. The van der Waals surface area contributed by atoms with Crippen LogP contribution in [0.5, 0.6) is 5.75 Å². The van der Waals surface area contributed by atoms with Crippen LogP contribution in [0.3, 0.4) is 0 Å². The van der Waals surface area contributed by atoms with Gasteiger partial charge in [-0.3, -0.25) is 19.6 Å². The standard InChI is InChI=1S/C18H19N3O6S2/c1-12(22)20-8-3-9-28-18-7-5-14(11-16(18)20)29(25,26)19-15-6-4-13(21(23)24)10-17(15)27-2/h4-7,10-11,19H,3,8-9H2,1-2H3. The van der Waals surface area contributed by atoms with E-state index in [-0.39, 0.29) is 27.9 Å². The first-order chi connectivity index (χ1) is 13.7. The van der Waals surface area contributed by atoms with Gasteiger partial charge in [0.15, 0.2) is 0 Å². The minimum Gasteiger partial charge on any atom is -0.494 e. The first-order valence-electron chi connectivity index (χ1n) is 8.63. The van der Waals surface area contributed by atoms with Gasteiger partial charge in [0.1, 0.15) is 5.75 Å². The third-order valence-electron chi connectivity index (χ3n) is 4.34. The van der Waals surface area contributed by atoms with E-state index in [1.54, 1.807) is 22.7 Å². The van der Waals surface area contributed by atoms with Gasteiger partial charge in [-0.25, -0.2) is 8.42 Å². The van der Waals surface area contributed by atoms with Crippen molar-refractivity contribution in [1.82, 2.24) is 0 Å². The first-order valence-corrected chi connectivity index (χ1v) is 11.1. The van der Waals surface area contributed by atoms with Gasteiger partial charge < -0.3 is 9.64 Å². The van der Waals surface area contributed by atoms with Crippen molar-refractivity contribution in [2.24, 2.45) is 0 Å². The van der Waals surface area contributed by atoms with Crippen LogP contribution in [0, 0.1) is 10.1 Å². The molecular formula is C18H19N3O6S2. The third kappa shape index (κ3) is 4.46. The molecule has 1 aliphatic rings. The van der Waals surface area contributed by atoms with Crippen LogP contribution in [0.25, 0.3) is 0 Å². The van der Waals surface area contributed by atoms with Gasteiger partial charge in [0.2, 0.25) is 5.91 Å². The molecule has 0 aromatic heterocycles. The zero-order valence-electron chi connectivity index (χ0n) is 15.7. The van der Waals surface area contributed by atoms with Crippen molar-refractivity contribution >= 4 is 44.8 Å². The molecule has 2 aromatic carbocycles. The number of anilines is 2. The monoisotopic (exact) mass is 437 g/mol. The highest BCUT2D eigenvalue weighted by atomic mass is 32.2. The fraction of sp³-hybridized carbons (Fsp3) is 0.278. The molecule has 9 nitrogen and oxygen atoms in total. The molecule has 3 rings (SSSR count). The minimum atomic E-state index is -4.02. The van der Waals surface area contributed by atoms with E-state index >= 15 is 0 Å². The van der Waals surface area contributed by atoms with Gasteiger partial charge >= 0.3 is 0 Å². The summed E-state index contributed by atoms with van der Waals surface area (Å²) in [5, 5.41) is 10.9. The summed E-state index contributed by atoms with van der Waals surface area (Å²) < 4.78 is 33.3. The fourth-order valence-corrected chi connectivity index (χ4v) is 5.00. The average Bonchev–Trinajstić information content (AvgIpc) is 2.89. The Hall–Kier alpha value is -2.79. The molecule has 0 spiro atoms. The summed E-state index contributed by atoms with van der Waals surface area (Å²) in [5.41, 5.74) is 0.410. The molecule has 0 atom stereocenters. The highest BCUT2D eigenvalue weighted by molar-refractivity contribution is 7.99. The van der Waals surface area contributed by atoms with E-state index in [1.165, 1.54) is 38.3 Å². The second kappa shape index (κ2) is 8.29. The van der Waals surface area contributed by atoms with E-state index in [9.17, 15) is 23.3 Å². The molecule has 2 aromatic rings. The van der Waals surface area contributed by atoms with Crippen molar-refractivity contribution in [3.63, 3.8) is 0 Å². The Bertz CT molecular complexity index is 1070. The van der Waals surface area contributed by atoms with Crippen LogP contribution in [0.4, 0.5) is 17.1 Å². The average molecular weight is 437 g/mol. The van der Waals surface area contributed by atoms with E-state index < -0.39 is 14.9 Å². The molecule has 1 heterocycles. The molecular weight excluding hydrogens is 418 g/mol. The Labute approximate surface area is 172 Å². The molecule has 11 heteroatoms.